The van der Waals surface area contributed by atoms with E-state index in [0.29, 0.717) is 29.0 Å². The number of rotatable bonds is 8. The molecular weight excluding hydrogens is 490 g/mol. The Balaban J connectivity index is 1.86. The van der Waals surface area contributed by atoms with Gasteiger partial charge in [0.25, 0.3) is 10.0 Å². The van der Waals surface area contributed by atoms with Crippen LogP contribution in [-0.2, 0) is 20.4 Å². The molecule has 3 rings (SSSR count). The molecule has 1 atom stereocenters. The predicted molar refractivity (Wildman–Crippen MR) is 135 cm³/mol. The van der Waals surface area contributed by atoms with Crippen LogP contribution in [0.3, 0.4) is 0 Å². The topological polar surface area (TPSA) is 138 Å². The molecule has 1 aliphatic rings. The molecule has 1 heterocycles. The monoisotopic (exact) mass is 525 g/mol. The summed E-state index contributed by atoms with van der Waals surface area (Å²) in [6, 6.07) is 2.57. The zero-order chi connectivity index (χ0) is 26.0. The van der Waals surface area contributed by atoms with Gasteiger partial charge in [-0.1, -0.05) is 47.0 Å². The standard InChI is InChI=1S/C24H35N3O6S2/c1-14(2)17-11-16(21(28)33-5)12-18(15(3)4)20(17)26-22(29)27-35(31,32)23-25-13-19(34-23)24(30)9-7-6-8-10-24/h11-15,21,28,30H,6-10H2,1-5H3,(H2,26,27,29). The number of nitrogens with one attached hydrogen (secondary N) is 2. The minimum atomic E-state index is -4.24. The van der Waals surface area contributed by atoms with Gasteiger partial charge < -0.3 is 20.3 Å². The summed E-state index contributed by atoms with van der Waals surface area (Å²) in [5, 5.41) is 23.8. The molecule has 194 valence electrons. The van der Waals surface area contributed by atoms with Crippen LogP contribution in [-0.4, -0.2) is 36.8 Å². The van der Waals surface area contributed by atoms with Crippen molar-refractivity contribution in [3.63, 3.8) is 0 Å². The number of sulfonamides is 1. The summed E-state index contributed by atoms with van der Waals surface area (Å²) in [4.78, 5) is 17.3. The number of aliphatic hydroxyl groups is 2. The van der Waals surface area contributed by atoms with Crippen molar-refractivity contribution < 1.29 is 28.2 Å². The highest BCUT2D eigenvalue weighted by molar-refractivity contribution is 7.92. The molecule has 0 bridgehead atoms. The number of anilines is 1. The van der Waals surface area contributed by atoms with Gasteiger partial charge in [0, 0.05) is 24.6 Å². The SMILES string of the molecule is COC(O)c1cc(C(C)C)c(NC(=O)NS(=O)(=O)c2ncc(C3(O)CCCCC3)s2)c(C(C)C)c1. The number of carbonyl (C=O) groups excluding carboxylic acids is 1. The lowest BCUT2D eigenvalue weighted by Gasteiger charge is -2.30. The van der Waals surface area contributed by atoms with Crippen LogP contribution in [0.2, 0.25) is 0 Å². The lowest BCUT2D eigenvalue weighted by Crippen LogP contribution is -2.35. The molecule has 1 aromatic carbocycles. The zero-order valence-corrected chi connectivity index (χ0v) is 22.4. The fourth-order valence-electron chi connectivity index (χ4n) is 4.33. The van der Waals surface area contributed by atoms with E-state index in [1.807, 2.05) is 32.4 Å². The fraction of sp³-hybridized carbons (Fsp3) is 0.583. The average Bonchev–Trinajstić information content (AvgIpc) is 3.31. The maximum absolute atomic E-state index is 12.9. The summed E-state index contributed by atoms with van der Waals surface area (Å²) in [5.41, 5.74) is 1.45. The number of carbonyl (C=O) groups is 1. The molecular formula is C24H35N3O6S2. The van der Waals surface area contributed by atoms with E-state index >= 15 is 0 Å². The molecule has 0 aliphatic heterocycles. The Morgan fingerprint density at radius 2 is 1.69 bits per heavy atom. The molecule has 1 unspecified atom stereocenters. The Morgan fingerprint density at radius 1 is 1.11 bits per heavy atom. The van der Waals surface area contributed by atoms with Crippen LogP contribution in [0.15, 0.2) is 22.7 Å². The molecule has 1 fully saturated rings. The van der Waals surface area contributed by atoms with E-state index < -0.39 is 27.9 Å². The van der Waals surface area contributed by atoms with Crippen molar-refractivity contribution in [1.82, 2.24) is 9.71 Å². The zero-order valence-electron chi connectivity index (χ0n) is 20.8. The number of benzene rings is 1. The molecule has 1 saturated carbocycles. The van der Waals surface area contributed by atoms with Crippen molar-refractivity contribution in [2.45, 2.75) is 87.9 Å². The summed E-state index contributed by atoms with van der Waals surface area (Å²) in [7, 11) is -2.84. The van der Waals surface area contributed by atoms with Crippen LogP contribution in [0.1, 0.15) is 99.5 Å². The highest BCUT2D eigenvalue weighted by atomic mass is 32.2. The summed E-state index contributed by atoms with van der Waals surface area (Å²) in [6.07, 6.45) is 4.16. The molecule has 0 radical (unpaired) electrons. The van der Waals surface area contributed by atoms with Gasteiger partial charge in [-0.2, -0.15) is 8.42 Å². The summed E-state index contributed by atoms with van der Waals surface area (Å²) in [5.74, 6) is -0.0534. The minimum Gasteiger partial charge on any atom is -0.384 e. The van der Waals surface area contributed by atoms with Crippen molar-refractivity contribution in [1.29, 1.82) is 0 Å². The Kier molecular flexibility index (Phi) is 8.59. The maximum Gasteiger partial charge on any atom is 0.333 e. The van der Waals surface area contributed by atoms with Crippen molar-refractivity contribution in [2.75, 3.05) is 12.4 Å². The Labute approximate surface area is 211 Å². The van der Waals surface area contributed by atoms with E-state index in [1.54, 1.807) is 12.1 Å². The van der Waals surface area contributed by atoms with E-state index in [9.17, 15) is 23.4 Å². The predicted octanol–water partition coefficient (Wildman–Crippen LogP) is 4.69. The van der Waals surface area contributed by atoms with E-state index in [0.717, 1.165) is 41.7 Å². The van der Waals surface area contributed by atoms with Crippen molar-refractivity contribution in [3.05, 3.63) is 39.9 Å². The Morgan fingerprint density at radius 3 is 2.20 bits per heavy atom. The van der Waals surface area contributed by atoms with Gasteiger partial charge in [0.05, 0.1) is 4.88 Å². The first kappa shape index (κ1) is 27.5. The molecule has 0 saturated heterocycles. The summed E-state index contributed by atoms with van der Waals surface area (Å²) < 4.78 is 32.6. The second kappa shape index (κ2) is 10.9. The number of hydrogen-bond donors (Lipinski definition) is 4. The molecule has 0 spiro atoms. The molecule has 1 aromatic heterocycles. The van der Waals surface area contributed by atoms with Crippen molar-refractivity contribution in [3.8, 4) is 0 Å². The van der Waals surface area contributed by atoms with Gasteiger partial charge in [-0.15, -0.1) is 11.3 Å². The van der Waals surface area contributed by atoms with E-state index in [4.69, 9.17) is 4.74 Å². The molecule has 1 aliphatic carbocycles. The fourth-order valence-corrected chi connectivity index (χ4v) is 6.53. The maximum atomic E-state index is 12.9. The van der Waals surface area contributed by atoms with Gasteiger partial charge in [-0.25, -0.2) is 14.5 Å². The molecule has 9 nitrogen and oxygen atoms in total. The van der Waals surface area contributed by atoms with Crippen molar-refractivity contribution >= 4 is 33.1 Å². The van der Waals surface area contributed by atoms with Crippen LogP contribution in [0, 0.1) is 0 Å². The number of amides is 2. The number of hydrogen-bond acceptors (Lipinski definition) is 8. The van der Waals surface area contributed by atoms with Gasteiger partial charge in [-0.05, 0) is 47.9 Å². The van der Waals surface area contributed by atoms with Crippen LogP contribution in [0.25, 0.3) is 0 Å². The van der Waals surface area contributed by atoms with Gasteiger partial charge >= 0.3 is 6.03 Å². The number of methoxy groups -OCH3 is 1. The van der Waals surface area contributed by atoms with E-state index in [1.165, 1.54) is 13.3 Å². The Hall–Kier alpha value is -2.05. The van der Waals surface area contributed by atoms with Crippen LogP contribution in [0.4, 0.5) is 10.5 Å². The number of aromatic nitrogens is 1. The second-order valence-corrected chi connectivity index (χ2v) is 12.5. The Bertz CT molecular complexity index is 1120. The third kappa shape index (κ3) is 6.21. The lowest BCUT2D eigenvalue weighted by atomic mass is 9.84. The number of ether oxygens (including phenoxy) is 1. The first-order valence-electron chi connectivity index (χ1n) is 11.8. The largest absolute Gasteiger partial charge is 0.384 e. The lowest BCUT2D eigenvalue weighted by molar-refractivity contribution is -0.0770. The van der Waals surface area contributed by atoms with Gasteiger partial charge in [0.2, 0.25) is 4.34 Å². The molecule has 4 N–H and O–H groups in total. The molecule has 2 aromatic rings. The quantitative estimate of drug-likeness (QED) is 0.367. The summed E-state index contributed by atoms with van der Waals surface area (Å²) >= 11 is 0.884. The molecule has 11 heteroatoms. The van der Waals surface area contributed by atoms with E-state index in [2.05, 4.69) is 10.3 Å². The van der Waals surface area contributed by atoms with Crippen LogP contribution >= 0.6 is 11.3 Å². The third-order valence-corrected chi connectivity index (χ3v) is 9.21. The number of urea groups is 1. The highest BCUT2D eigenvalue weighted by Gasteiger charge is 2.35. The van der Waals surface area contributed by atoms with Crippen LogP contribution in [0.5, 0.6) is 0 Å². The smallest absolute Gasteiger partial charge is 0.333 e. The second-order valence-electron chi connectivity index (χ2n) is 9.61. The summed E-state index contributed by atoms with van der Waals surface area (Å²) in [6.45, 7) is 7.76. The third-order valence-electron chi connectivity index (χ3n) is 6.29. The highest BCUT2D eigenvalue weighted by Crippen LogP contribution is 2.40. The van der Waals surface area contributed by atoms with Crippen LogP contribution < -0.4 is 10.0 Å². The first-order chi connectivity index (χ1) is 16.4. The molecule has 35 heavy (non-hydrogen) atoms. The number of nitrogens with zero attached hydrogens (tertiary/aromatic N) is 1. The minimum absolute atomic E-state index is 0.0267. The number of aliphatic hydroxyl groups excluding tert-OH is 1. The van der Waals surface area contributed by atoms with E-state index in [-0.39, 0.29) is 16.2 Å². The van der Waals surface area contributed by atoms with Gasteiger partial charge in [-0.3, -0.25) is 0 Å². The normalized spacial score (nSPS) is 16.9. The van der Waals surface area contributed by atoms with Crippen molar-refractivity contribution in [2.24, 2.45) is 0 Å². The first-order valence-corrected chi connectivity index (χ1v) is 14.1. The number of thiazole rings is 1. The van der Waals surface area contributed by atoms with Gasteiger partial charge in [0.15, 0.2) is 6.29 Å². The average molecular weight is 526 g/mol. The molecule has 2 amide bonds. The van der Waals surface area contributed by atoms with Gasteiger partial charge in [0.1, 0.15) is 5.60 Å².